The van der Waals surface area contributed by atoms with E-state index in [4.69, 9.17) is 0 Å². The Morgan fingerprint density at radius 2 is 1.75 bits per heavy atom. The fraction of sp³-hybridized carbons (Fsp3) is 1.00. The lowest BCUT2D eigenvalue weighted by molar-refractivity contribution is 0.136. The first kappa shape index (κ1) is 16.6. The average Bonchev–Trinajstić information content (AvgIpc) is 2.49. The molecule has 1 aliphatic heterocycles. The van der Waals surface area contributed by atoms with Crippen LogP contribution in [0.25, 0.3) is 0 Å². The monoisotopic (exact) mass is 298 g/mol. The van der Waals surface area contributed by atoms with Crippen LogP contribution >= 0.6 is 11.8 Å². The van der Waals surface area contributed by atoms with E-state index in [9.17, 15) is 0 Å². The van der Waals surface area contributed by atoms with E-state index in [2.05, 4.69) is 42.7 Å². The first-order valence-corrected chi connectivity index (χ1v) is 9.81. The molecule has 118 valence electrons. The molecule has 0 bridgehead atoms. The fourth-order valence-corrected chi connectivity index (χ4v) is 4.60. The molecule has 0 radical (unpaired) electrons. The highest BCUT2D eigenvalue weighted by molar-refractivity contribution is 7.99. The third kappa shape index (κ3) is 4.92. The van der Waals surface area contributed by atoms with E-state index >= 15 is 0 Å². The second kappa shape index (κ2) is 8.05. The molecule has 0 amide bonds. The number of rotatable bonds is 6. The molecule has 1 saturated heterocycles. The molecule has 0 aromatic rings. The predicted molar refractivity (Wildman–Crippen MR) is 91.6 cm³/mol. The molecule has 0 aromatic heterocycles. The van der Waals surface area contributed by atoms with Crippen LogP contribution in [0.1, 0.15) is 52.9 Å². The van der Waals surface area contributed by atoms with Crippen molar-refractivity contribution < 1.29 is 0 Å². The number of thioether (sulfide) groups is 1. The van der Waals surface area contributed by atoms with Crippen molar-refractivity contribution in [2.24, 2.45) is 11.3 Å². The molecule has 0 atom stereocenters. The second-order valence-corrected chi connectivity index (χ2v) is 8.52. The minimum absolute atomic E-state index is 0.552. The number of nitrogens with one attached hydrogen (secondary N) is 1. The van der Waals surface area contributed by atoms with Gasteiger partial charge in [0.1, 0.15) is 0 Å². The van der Waals surface area contributed by atoms with E-state index in [1.165, 1.54) is 69.8 Å². The quantitative estimate of drug-likeness (QED) is 0.806. The minimum Gasteiger partial charge on any atom is -0.313 e. The largest absolute Gasteiger partial charge is 0.313 e. The molecule has 2 rings (SSSR count). The Labute approximate surface area is 130 Å². The van der Waals surface area contributed by atoms with Gasteiger partial charge in [-0.05, 0) is 37.0 Å². The third-order valence-corrected chi connectivity index (χ3v) is 6.65. The summed E-state index contributed by atoms with van der Waals surface area (Å²) in [5.74, 6) is 3.61. The van der Waals surface area contributed by atoms with Crippen LogP contribution in [0.3, 0.4) is 0 Å². The third-order valence-electron chi connectivity index (χ3n) is 5.71. The van der Waals surface area contributed by atoms with Crippen LogP contribution in [0.4, 0.5) is 0 Å². The van der Waals surface area contributed by atoms with Gasteiger partial charge < -0.3 is 10.2 Å². The van der Waals surface area contributed by atoms with Crippen molar-refractivity contribution in [2.75, 3.05) is 37.7 Å². The summed E-state index contributed by atoms with van der Waals surface area (Å²) in [5.41, 5.74) is 0.552. The van der Waals surface area contributed by atoms with E-state index in [0.29, 0.717) is 5.41 Å². The summed E-state index contributed by atoms with van der Waals surface area (Å²) in [4.78, 5) is 2.62. The molecule has 1 aliphatic carbocycles. The summed E-state index contributed by atoms with van der Waals surface area (Å²) in [5, 5.41) is 3.81. The van der Waals surface area contributed by atoms with Gasteiger partial charge in [0.2, 0.25) is 0 Å². The molecule has 1 N–H and O–H groups in total. The van der Waals surface area contributed by atoms with Crippen molar-refractivity contribution in [1.29, 1.82) is 0 Å². The summed E-state index contributed by atoms with van der Waals surface area (Å²) >= 11 is 2.10. The van der Waals surface area contributed by atoms with Crippen LogP contribution in [0, 0.1) is 11.3 Å². The van der Waals surface area contributed by atoms with E-state index in [1.54, 1.807) is 0 Å². The zero-order chi connectivity index (χ0) is 14.4. The predicted octanol–water partition coefficient (Wildman–Crippen LogP) is 3.62. The standard InChI is InChI=1S/C17H34N2S/c1-4-17(2,3)15-5-7-16(8-6-15)18-9-10-19-11-13-20-14-12-19/h15-16,18H,4-14H2,1-3H3. The van der Waals surface area contributed by atoms with Crippen LogP contribution < -0.4 is 5.32 Å². The van der Waals surface area contributed by atoms with Crippen molar-refractivity contribution in [1.82, 2.24) is 10.2 Å². The Morgan fingerprint density at radius 3 is 2.35 bits per heavy atom. The maximum atomic E-state index is 3.81. The summed E-state index contributed by atoms with van der Waals surface area (Å²) in [6.07, 6.45) is 6.97. The average molecular weight is 299 g/mol. The van der Waals surface area contributed by atoms with Crippen LogP contribution in [-0.4, -0.2) is 48.6 Å². The van der Waals surface area contributed by atoms with E-state index < -0.39 is 0 Å². The Kier molecular flexibility index (Phi) is 6.70. The van der Waals surface area contributed by atoms with Crippen molar-refractivity contribution >= 4 is 11.8 Å². The molecular weight excluding hydrogens is 264 g/mol. The van der Waals surface area contributed by atoms with Gasteiger partial charge >= 0.3 is 0 Å². The van der Waals surface area contributed by atoms with Crippen molar-refractivity contribution in [3.63, 3.8) is 0 Å². The van der Waals surface area contributed by atoms with Crippen LogP contribution in [-0.2, 0) is 0 Å². The fourth-order valence-electron chi connectivity index (χ4n) is 3.62. The van der Waals surface area contributed by atoms with Gasteiger partial charge in [-0.15, -0.1) is 0 Å². The first-order valence-electron chi connectivity index (χ1n) is 8.65. The zero-order valence-electron chi connectivity index (χ0n) is 13.8. The van der Waals surface area contributed by atoms with Crippen molar-refractivity contribution in [3.8, 4) is 0 Å². The van der Waals surface area contributed by atoms with Gasteiger partial charge in [-0.1, -0.05) is 27.2 Å². The maximum absolute atomic E-state index is 3.81. The maximum Gasteiger partial charge on any atom is 0.0108 e. The Bertz CT molecular complexity index is 266. The highest BCUT2D eigenvalue weighted by Gasteiger charge is 2.31. The van der Waals surface area contributed by atoms with E-state index in [-0.39, 0.29) is 0 Å². The smallest absolute Gasteiger partial charge is 0.0108 e. The van der Waals surface area contributed by atoms with Gasteiger partial charge in [0.05, 0.1) is 0 Å². The summed E-state index contributed by atoms with van der Waals surface area (Å²) in [7, 11) is 0. The second-order valence-electron chi connectivity index (χ2n) is 7.30. The lowest BCUT2D eigenvalue weighted by atomic mass is 9.69. The van der Waals surface area contributed by atoms with Crippen LogP contribution in [0.2, 0.25) is 0 Å². The number of hydrogen-bond acceptors (Lipinski definition) is 3. The Morgan fingerprint density at radius 1 is 1.10 bits per heavy atom. The molecule has 2 aliphatic rings. The molecule has 3 heteroatoms. The van der Waals surface area contributed by atoms with Gasteiger partial charge in [0, 0.05) is 43.7 Å². The molecule has 0 unspecified atom stereocenters. The van der Waals surface area contributed by atoms with Gasteiger partial charge in [0.15, 0.2) is 0 Å². The highest BCUT2D eigenvalue weighted by atomic mass is 32.2. The molecule has 2 nitrogen and oxygen atoms in total. The molecule has 0 spiro atoms. The zero-order valence-corrected chi connectivity index (χ0v) is 14.6. The van der Waals surface area contributed by atoms with Crippen molar-refractivity contribution in [3.05, 3.63) is 0 Å². The van der Waals surface area contributed by atoms with Gasteiger partial charge in [0.25, 0.3) is 0 Å². The van der Waals surface area contributed by atoms with Gasteiger partial charge in [-0.2, -0.15) is 11.8 Å². The molecule has 2 fully saturated rings. The molecule has 1 heterocycles. The number of nitrogens with zero attached hydrogens (tertiary/aromatic N) is 1. The van der Waals surface area contributed by atoms with Crippen LogP contribution in [0.15, 0.2) is 0 Å². The Balaban J connectivity index is 1.60. The van der Waals surface area contributed by atoms with Crippen molar-refractivity contribution in [2.45, 2.75) is 58.9 Å². The van der Waals surface area contributed by atoms with Gasteiger partial charge in [-0.3, -0.25) is 0 Å². The summed E-state index contributed by atoms with van der Waals surface area (Å²) < 4.78 is 0. The lowest BCUT2D eigenvalue weighted by Crippen LogP contribution is -2.42. The highest BCUT2D eigenvalue weighted by Crippen LogP contribution is 2.40. The number of hydrogen-bond donors (Lipinski definition) is 1. The summed E-state index contributed by atoms with van der Waals surface area (Å²) in [6.45, 7) is 12.3. The van der Waals surface area contributed by atoms with Gasteiger partial charge in [-0.25, -0.2) is 0 Å². The van der Waals surface area contributed by atoms with E-state index in [1.807, 2.05) is 0 Å². The molecule has 0 aromatic carbocycles. The minimum atomic E-state index is 0.552. The molecular formula is C17H34N2S. The van der Waals surface area contributed by atoms with E-state index in [0.717, 1.165) is 12.0 Å². The summed E-state index contributed by atoms with van der Waals surface area (Å²) in [6, 6.07) is 0.790. The first-order chi connectivity index (χ1) is 9.62. The molecule has 20 heavy (non-hydrogen) atoms. The Hall–Kier alpha value is 0.270. The normalized spacial score (nSPS) is 29.6. The van der Waals surface area contributed by atoms with Crippen LogP contribution in [0.5, 0.6) is 0 Å². The SMILES string of the molecule is CCC(C)(C)C1CCC(NCCN2CCSCC2)CC1. The molecule has 1 saturated carbocycles. The lowest BCUT2D eigenvalue weighted by Gasteiger charge is -2.39. The topological polar surface area (TPSA) is 15.3 Å².